The summed E-state index contributed by atoms with van der Waals surface area (Å²) in [7, 11) is 0. The van der Waals surface area contributed by atoms with Crippen LogP contribution in [0.1, 0.15) is 12.0 Å². The SMILES string of the molecule is Fc1ccccc1C#CCN1CCCOC1. The summed E-state index contributed by atoms with van der Waals surface area (Å²) in [6, 6.07) is 6.57. The number of rotatable bonds is 1. The second kappa shape index (κ2) is 5.64. The quantitative estimate of drug-likeness (QED) is 0.668. The van der Waals surface area contributed by atoms with E-state index in [1.165, 1.54) is 6.07 Å². The largest absolute Gasteiger partial charge is 0.366 e. The fourth-order valence-electron chi connectivity index (χ4n) is 1.58. The number of nitrogens with zero attached hydrogens (tertiary/aromatic N) is 1. The van der Waals surface area contributed by atoms with Crippen molar-refractivity contribution in [2.75, 3.05) is 26.4 Å². The average Bonchev–Trinajstić information content (AvgIpc) is 2.33. The Morgan fingerprint density at radius 2 is 2.25 bits per heavy atom. The fraction of sp³-hybridized carbons (Fsp3) is 0.385. The van der Waals surface area contributed by atoms with Crippen molar-refractivity contribution in [2.24, 2.45) is 0 Å². The van der Waals surface area contributed by atoms with E-state index in [2.05, 4.69) is 16.7 Å². The molecule has 0 radical (unpaired) electrons. The number of hydrogen-bond donors (Lipinski definition) is 0. The van der Waals surface area contributed by atoms with Gasteiger partial charge in [-0.25, -0.2) is 4.39 Å². The fourth-order valence-corrected chi connectivity index (χ4v) is 1.58. The molecule has 0 atom stereocenters. The second-order valence-corrected chi connectivity index (χ2v) is 3.73. The molecule has 0 amide bonds. The molecule has 1 saturated heterocycles. The predicted octanol–water partition coefficient (Wildman–Crippen LogP) is 1.86. The van der Waals surface area contributed by atoms with Crippen LogP contribution in [0.25, 0.3) is 0 Å². The summed E-state index contributed by atoms with van der Waals surface area (Å²) < 4.78 is 18.5. The molecule has 0 spiro atoms. The average molecular weight is 219 g/mol. The van der Waals surface area contributed by atoms with Crippen LogP contribution in [0.2, 0.25) is 0 Å². The van der Waals surface area contributed by atoms with Crippen LogP contribution in [0.4, 0.5) is 4.39 Å². The molecule has 1 aliphatic rings. The van der Waals surface area contributed by atoms with Crippen LogP contribution < -0.4 is 0 Å². The standard InChI is InChI=1S/C13H14FNO/c14-13-7-2-1-5-12(13)6-3-8-15-9-4-10-16-11-15/h1-2,5,7H,4,8-11H2. The van der Waals surface area contributed by atoms with Crippen LogP contribution in [0, 0.1) is 17.7 Å². The molecule has 1 fully saturated rings. The van der Waals surface area contributed by atoms with E-state index >= 15 is 0 Å². The van der Waals surface area contributed by atoms with Gasteiger partial charge in [0, 0.05) is 13.2 Å². The van der Waals surface area contributed by atoms with Crippen LogP contribution in [0.5, 0.6) is 0 Å². The molecule has 2 nitrogen and oxygen atoms in total. The first-order chi connectivity index (χ1) is 7.86. The summed E-state index contributed by atoms with van der Waals surface area (Å²) in [5.41, 5.74) is 0.459. The van der Waals surface area contributed by atoms with Crippen LogP contribution in [-0.4, -0.2) is 31.3 Å². The Balaban J connectivity index is 1.92. The maximum atomic E-state index is 13.2. The van der Waals surface area contributed by atoms with Crippen LogP contribution in [0.15, 0.2) is 24.3 Å². The molecule has 1 aromatic carbocycles. The van der Waals surface area contributed by atoms with Crippen molar-refractivity contribution in [2.45, 2.75) is 6.42 Å². The first-order valence-electron chi connectivity index (χ1n) is 5.40. The van der Waals surface area contributed by atoms with E-state index in [-0.39, 0.29) is 5.82 Å². The summed E-state index contributed by atoms with van der Waals surface area (Å²) >= 11 is 0. The van der Waals surface area contributed by atoms with Crippen molar-refractivity contribution in [3.05, 3.63) is 35.6 Å². The highest BCUT2D eigenvalue weighted by atomic mass is 19.1. The van der Waals surface area contributed by atoms with E-state index in [4.69, 9.17) is 4.74 Å². The minimum absolute atomic E-state index is 0.259. The zero-order valence-corrected chi connectivity index (χ0v) is 9.08. The maximum absolute atomic E-state index is 13.2. The molecule has 16 heavy (non-hydrogen) atoms. The number of halogens is 1. The van der Waals surface area contributed by atoms with E-state index < -0.39 is 0 Å². The van der Waals surface area contributed by atoms with Gasteiger partial charge in [0.15, 0.2) is 0 Å². The van der Waals surface area contributed by atoms with Gasteiger partial charge >= 0.3 is 0 Å². The summed E-state index contributed by atoms with van der Waals surface area (Å²) in [5.74, 6) is 5.55. The van der Waals surface area contributed by atoms with Crippen molar-refractivity contribution in [1.29, 1.82) is 0 Å². The number of benzene rings is 1. The molecular weight excluding hydrogens is 205 g/mol. The Labute approximate surface area is 95.0 Å². The third-order valence-electron chi connectivity index (χ3n) is 2.44. The molecule has 84 valence electrons. The Kier molecular flexibility index (Phi) is 3.92. The van der Waals surface area contributed by atoms with Crippen LogP contribution in [0.3, 0.4) is 0 Å². The molecule has 0 bridgehead atoms. The van der Waals surface area contributed by atoms with Gasteiger partial charge in [-0.2, -0.15) is 0 Å². The highest BCUT2D eigenvalue weighted by Gasteiger charge is 2.07. The summed E-state index contributed by atoms with van der Waals surface area (Å²) in [6.07, 6.45) is 1.04. The molecule has 1 heterocycles. The number of ether oxygens (including phenoxy) is 1. The van der Waals surface area contributed by atoms with Crippen molar-refractivity contribution in [3.8, 4) is 11.8 Å². The molecule has 0 aliphatic carbocycles. The van der Waals surface area contributed by atoms with Gasteiger partial charge in [0.05, 0.1) is 18.8 Å². The monoisotopic (exact) mass is 219 g/mol. The lowest BCUT2D eigenvalue weighted by molar-refractivity contribution is -0.00591. The van der Waals surface area contributed by atoms with Gasteiger partial charge < -0.3 is 4.74 Å². The Morgan fingerprint density at radius 1 is 1.38 bits per heavy atom. The molecule has 3 heteroatoms. The Morgan fingerprint density at radius 3 is 3.00 bits per heavy atom. The summed E-state index contributed by atoms with van der Waals surface area (Å²) in [6.45, 7) is 3.10. The third kappa shape index (κ3) is 3.06. The first-order valence-corrected chi connectivity index (χ1v) is 5.40. The Bertz CT molecular complexity index is 402. The van der Waals surface area contributed by atoms with Gasteiger partial charge in [-0.1, -0.05) is 24.0 Å². The Hall–Kier alpha value is -1.37. The van der Waals surface area contributed by atoms with Gasteiger partial charge in [-0.15, -0.1) is 0 Å². The zero-order valence-electron chi connectivity index (χ0n) is 9.08. The zero-order chi connectivity index (χ0) is 11.2. The van der Waals surface area contributed by atoms with Gasteiger partial charge in [0.1, 0.15) is 5.82 Å². The third-order valence-corrected chi connectivity index (χ3v) is 2.44. The molecule has 2 rings (SSSR count). The van der Waals surface area contributed by atoms with Crippen molar-refractivity contribution >= 4 is 0 Å². The lowest BCUT2D eigenvalue weighted by atomic mass is 10.2. The first kappa shape index (κ1) is 11.1. The van der Waals surface area contributed by atoms with E-state index in [0.29, 0.717) is 18.8 Å². The van der Waals surface area contributed by atoms with Gasteiger partial charge in [0.25, 0.3) is 0 Å². The topological polar surface area (TPSA) is 12.5 Å². The van der Waals surface area contributed by atoms with E-state index in [9.17, 15) is 4.39 Å². The van der Waals surface area contributed by atoms with Gasteiger partial charge in [0.2, 0.25) is 0 Å². The van der Waals surface area contributed by atoms with E-state index in [1.807, 2.05) is 0 Å². The second-order valence-electron chi connectivity index (χ2n) is 3.73. The lowest BCUT2D eigenvalue weighted by Gasteiger charge is -2.24. The highest BCUT2D eigenvalue weighted by Crippen LogP contribution is 2.04. The minimum Gasteiger partial charge on any atom is -0.366 e. The van der Waals surface area contributed by atoms with Crippen LogP contribution >= 0.6 is 0 Å². The normalized spacial score (nSPS) is 16.6. The minimum atomic E-state index is -0.259. The van der Waals surface area contributed by atoms with E-state index in [0.717, 1.165) is 19.6 Å². The molecule has 1 aromatic rings. The molecule has 0 aromatic heterocycles. The molecular formula is C13H14FNO. The maximum Gasteiger partial charge on any atom is 0.138 e. The summed E-state index contributed by atoms with van der Waals surface area (Å²) in [4.78, 5) is 2.11. The summed E-state index contributed by atoms with van der Waals surface area (Å²) in [5, 5.41) is 0. The van der Waals surface area contributed by atoms with Crippen molar-refractivity contribution in [3.63, 3.8) is 0 Å². The molecule has 0 unspecified atom stereocenters. The lowest BCUT2D eigenvalue weighted by Crippen LogP contribution is -2.33. The number of hydrogen-bond acceptors (Lipinski definition) is 2. The molecule has 1 aliphatic heterocycles. The van der Waals surface area contributed by atoms with Gasteiger partial charge in [-0.3, -0.25) is 4.90 Å². The predicted molar refractivity (Wildman–Crippen MR) is 60.3 cm³/mol. The van der Waals surface area contributed by atoms with Crippen molar-refractivity contribution < 1.29 is 9.13 Å². The molecule has 0 saturated carbocycles. The van der Waals surface area contributed by atoms with Crippen molar-refractivity contribution in [1.82, 2.24) is 4.90 Å². The smallest absolute Gasteiger partial charge is 0.138 e. The van der Waals surface area contributed by atoms with E-state index in [1.54, 1.807) is 18.2 Å². The molecule has 0 N–H and O–H groups in total. The van der Waals surface area contributed by atoms with Crippen LogP contribution in [-0.2, 0) is 4.74 Å². The van der Waals surface area contributed by atoms with Gasteiger partial charge in [-0.05, 0) is 18.6 Å². The highest BCUT2D eigenvalue weighted by molar-refractivity contribution is 5.35.